The number of aryl methyl sites for hydroxylation is 1. The van der Waals surface area contributed by atoms with Gasteiger partial charge in [-0.15, -0.1) is 0 Å². The topological polar surface area (TPSA) is 61.4 Å². The van der Waals surface area contributed by atoms with E-state index in [0.717, 1.165) is 36.9 Å². The molecule has 0 radical (unpaired) electrons. The molecule has 0 atom stereocenters. The Balaban J connectivity index is 2.06. The van der Waals surface area contributed by atoms with Gasteiger partial charge in [-0.05, 0) is 57.2 Å². The van der Waals surface area contributed by atoms with Crippen molar-refractivity contribution < 1.29 is 9.90 Å². The van der Waals surface area contributed by atoms with Gasteiger partial charge in [-0.1, -0.05) is 6.07 Å². The summed E-state index contributed by atoms with van der Waals surface area (Å²) >= 11 is 0. The maximum atomic E-state index is 11.9. The zero-order chi connectivity index (χ0) is 14.5. The third-order valence-electron chi connectivity index (χ3n) is 3.89. The minimum absolute atomic E-state index is 0.0328. The highest BCUT2D eigenvalue weighted by molar-refractivity contribution is 5.95. The molecule has 2 rings (SSSR count). The predicted molar refractivity (Wildman–Crippen MR) is 81.1 cm³/mol. The maximum Gasteiger partial charge on any atom is 0.251 e. The van der Waals surface area contributed by atoms with Gasteiger partial charge in [0.15, 0.2) is 0 Å². The zero-order valence-corrected chi connectivity index (χ0v) is 12.3. The fourth-order valence-corrected chi connectivity index (χ4v) is 2.62. The highest BCUT2D eigenvalue weighted by Gasteiger charge is 2.19. The van der Waals surface area contributed by atoms with Crippen LogP contribution in [0.1, 0.15) is 48.5 Å². The van der Waals surface area contributed by atoms with Crippen LogP contribution >= 0.6 is 0 Å². The van der Waals surface area contributed by atoms with Crippen molar-refractivity contribution in [3.63, 3.8) is 0 Å². The molecular formula is C16H24N2O2. The third kappa shape index (κ3) is 3.73. The molecule has 4 nitrogen and oxygen atoms in total. The van der Waals surface area contributed by atoms with E-state index < -0.39 is 0 Å². The van der Waals surface area contributed by atoms with Crippen LogP contribution in [0.2, 0.25) is 0 Å². The second kappa shape index (κ2) is 6.75. The number of aliphatic hydroxyl groups is 1. The van der Waals surface area contributed by atoms with E-state index in [-0.39, 0.29) is 12.0 Å². The number of rotatable bonds is 4. The van der Waals surface area contributed by atoms with Crippen molar-refractivity contribution in [3.8, 4) is 0 Å². The summed E-state index contributed by atoms with van der Waals surface area (Å²) in [5, 5.41) is 15.9. The molecule has 0 spiro atoms. The van der Waals surface area contributed by atoms with Gasteiger partial charge >= 0.3 is 0 Å². The first-order chi connectivity index (χ1) is 9.60. The lowest BCUT2D eigenvalue weighted by atomic mass is 9.92. The van der Waals surface area contributed by atoms with E-state index in [1.54, 1.807) is 0 Å². The Hall–Kier alpha value is -1.55. The smallest absolute Gasteiger partial charge is 0.251 e. The highest BCUT2D eigenvalue weighted by Crippen LogP contribution is 2.24. The molecule has 0 aromatic heterocycles. The Morgan fingerprint density at radius 1 is 1.30 bits per heavy atom. The van der Waals surface area contributed by atoms with Crippen LogP contribution in [-0.4, -0.2) is 29.7 Å². The quantitative estimate of drug-likeness (QED) is 0.791. The van der Waals surface area contributed by atoms with Crippen LogP contribution in [0.15, 0.2) is 18.2 Å². The van der Waals surface area contributed by atoms with Gasteiger partial charge in [0, 0.05) is 23.8 Å². The molecule has 1 aromatic rings. The van der Waals surface area contributed by atoms with Crippen LogP contribution in [0, 0.1) is 6.92 Å². The molecule has 20 heavy (non-hydrogen) atoms. The number of benzene rings is 1. The van der Waals surface area contributed by atoms with Crippen molar-refractivity contribution >= 4 is 11.6 Å². The monoisotopic (exact) mass is 276 g/mol. The molecule has 0 bridgehead atoms. The molecule has 1 aromatic carbocycles. The lowest BCUT2D eigenvalue weighted by Gasteiger charge is -2.27. The summed E-state index contributed by atoms with van der Waals surface area (Å²) in [6.45, 7) is 4.59. The van der Waals surface area contributed by atoms with E-state index in [9.17, 15) is 9.90 Å². The number of hydrogen-bond donors (Lipinski definition) is 3. The lowest BCUT2D eigenvalue weighted by molar-refractivity contribution is 0.0956. The summed E-state index contributed by atoms with van der Waals surface area (Å²) in [7, 11) is 0. The van der Waals surface area contributed by atoms with Crippen LogP contribution in [0.3, 0.4) is 0 Å². The summed E-state index contributed by atoms with van der Waals surface area (Å²) in [5.41, 5.74) is 2.86. The van der Waals surface area contributed by atoms with Crippen LogP contribution in [0.25, 0.3) is 0 Å². The summed E-state index contributed by atoms with van der Waals surface area (Å²) in [6.07, 6.45) is 3.52. The highest BCUT2D eigenvalue weighted by atomic mass is 16.3. The number of carbonyl (C=O) groups excluding carboxylic acids is 1. The molecule has 1 saturated carbocycles. The van der Waals surface area contributed by atoms with Crippen molar-refractivity contribution in [2.24, 2.45) is 0 Å². The minimum atomic E-state index is -0.143. The van der Waals surface area contributed by atoms with E-state index in [1.165, 1.54) is 0 Å². The molecule has 0 saturated heterocycles. The predicted octanol–water partition coefficient (Wildman–Crippen LogP) is 2.46. The van der Waals surface area contributed by atoms with Crippen LogP contribution in [0.5, 0.6) is 0 Å². The molecule has 1 aliphatic rings. The Bertz CT molecular complexity index is 466. The number of aliphatic hydroxyl groups excluding tert-OH is 1. The largest absolute Gasteiger partial charge is 0.393 e. The molecule has 1 aliphatic carbocycles. The molecule has 3 N–H and O–H groups in total. The standard InChI is InChI=1S/C16H24N2O2/c1-3-17-16(20)12-5-4-11(2)15(10-12)18-13-6-8-14(19)9-7-13/h4-5,10,13-14,18-19H,3,6-9H2,1-2H3,(H,17,20). The molecular weight excluding hydrogens is 252 g/mol. The fourth-order valence-electron chi connectivity index (χ4n) is 2.62. The first-order valence-electron chi connectivity index (χ1n) is 7.43. The van der Waals surface area contributed by atoms with Crippen LogP contribution < -0.4 is 10.6 Å². The summed E-state index contributed by atoms with van der Waals surface area (Å²) in [6, 6.07) is 6.15. The van der Waals surface area contributed by atoms with Crippen molar-refractivity contribution in [2.75, 3.05) is 11.9 Å². The Morgan fingerprint density at radius 3 is 2.65 bits per heavy atom. The molecule has 0 aliphatic heterocycles. The number of carbonyl (C=O) groups is 1. The maximum absolute atomic E-state index is 11.9. The number of hydrogen-bond acceptors (Lipinski definition) is 3. The average molecular weight is 276 g/mol. The van der Waals surface area contributed by atoms with E-state index in [0.29, 0.717) is 18.2 Å². The minimum Gasteiger partial charge on any atom is -0.393 e. The van der Waals surface area contributed by atoms with Gasteiger partial charge in [0.25, 0.3) is 5.91 Å². The van der Waals surface area contributed by atoms with Crippen molar-refractivity contribution in [1.29, 1.82) is 0 Å². The van der Waals surface area contributed by atoms with Crippen LogP contribution in [0.4, 0.5) is 5.69 Å². The van der Waals surface area contributed by atoms with E-state index in [1.807, 2.05) is 32.0 Å². The third-order valence-corrected chi connectivity index (χ3v) is 3.89. The van der Waals surface area contributed by atoms with Gasteiger partial charge in [-0.3, -0.25) is 4.79 Å². The second-order valence-corrected chi connectivity index (χ2v) is 5.54. The first-order valence-corrected chi connectivity index (χ1v) is 7.43. The van der Waals surface area contributed by atoms with Gasteiger partial charge < -0.3 is 15.7 Å². The van der Waals surface area contributed by atoms with E-state index in [2.05, 4.69) is 10.6 Å². The van der Waals surface area contributed by atoms with Gasteiger partial charge in [-0.2, -0.15) is 0 Å². The molecule has 0 unspecified atom stereocenters. The molecule has 110 valence electrons. The van der Waals surface area contributed by atoms with Gasteiger partial charge in [0.1, 0.15) is 0 Å². The number of anilines is 1. The summed E-state index contributed by atoms with van der Waals surface area (Å²) in [5.74, 6) is -0.0328. The second-order valence-electron chi connectivity index (χ2n) is 5.54. The van der Waals surface area contributed by atoms with Crippen LogP contribution in [-0.2, 0) is 0 Å². The normalized spacial score (nSPS) is 22.4. The summed E-state index contributed by atoms with van der Waals surface area (Å²) < 4.78 is 0. The zero-order valence-electron chi connectivity index (χ0n) is 12.3. The van der Waals surface area contributed by atoms with E-state index in [4.69, 9.17) is 0 Å². The van der Waals surface area contributed by atoms with Crippen molar-refractivity contribution in [3.05, 3.63) is 29.3 Å². The Kier molecular flexibility index (Phi) is 5.01. The average Bonchev–Trinajstić information content (AvgIpc) is 2.44. The molecule has 1 fully saturated rings. The van der Waals surface area contributed by atoms with Gasteiger partial charge in [-0.25, -0.2) is 0 Å². The first kappa shape index (κ1) is 14.9. The fraction of sp³-hybridized carbons (Fsp3) is 0.562. The molecule has 4 heteroatoms. The SMILES string of the molecule is CCNC(=O)c1ccc(C)c(NC2CCC(O)CC2)c1. The lowest BCUT2D eigenvalue weighted by Crippen LogP contribution is -2.28. The number of nitrogens with one attached hydrogen (secondary N) is 2. The van der Waals surface area contributed by atoms with Gasteiger partial charge in [0.2, 0.25) is 0 Å². The Morgan fingerprint density at radius 2 is 2.00 bits per heavy atom. The Labute approximate surface area is 120 Å². The molecule has 0 heterocycles. The van der Waals surface area contributed by atoms with Crippen molar-refractivity contribution in [1.82, 2.24) is 5.32 Å². The van der Waals surface area contributed by atoms with E-state index >= 15 is 0 Å². The molecule has 1 amide bonds. The number of amides is 1. The van der Waals surface area contributed by atoms with Gasteiger partial charge in [0.05, 0.1) is 6.10 Å². The summed E-state index contributed by atoms with van der Waals surface area (Å²) in [4.78, 5) is 11.9. The van der Waals surface area contributed by atoms with Crippen molar-refractivity contribution in [2.45, 2.75) is 51.7 Å².